The van der Waals surface area contributed by atoms with Crippen molar-refractivity contribution in [3.63, 3.8) is 0 Å². The zero-order chi connectivity index (χ0) is 20.8. The van der Waals surface area contributed by atoms with Gasteiger partial charge in [0.1, 0.15) is 17.8 Å². The van der Waals surface area contributed by atoms with Crippen LogP contribution in [-0.4, -0.2) is 38.0 Å². The Kier molecular flexibility index (Phi) is 4.41. The van der Waals surface area contributed by atoms with Gasteiger partial charge >= 0.3 is 6.09 Å². The molecule has 2 unspecified atom stereocenters. The normalized spacial score (nSPS) is 31.2. The highest BCUT2D eigenvalue weighted by molar-refractivity contribution is 5.92. The molecular weight excluding hydrogens is 389 g/mol. The van der Waals surface area contributed by atoms with Gasteiger partial charge in [-0.3, -0.25) is 4.79 Å². The minimum Gasteiger partial charge on any atom is -0.391 e. The summed E-state index contributed by atoms with van der Waals surface area (Å²) in [5.74, 6) is 0.249. The molecule has 0 saturated heterocycles. The Bertz CT molecular complexity index is 954. The van der Waals surface area contributed by atoms with Gasteiger partial charge in [0, 0.05) is 23.3 Å². The van der Waals surface area contributed by atoms with E-state index < -0.39 is 23.0 Å². The number of hydrogen-bond acceptors (Lipinski definition) is 6. The molecule has 2 atom stereocenters. The van der Waals surface area contributed by atoms with Crippen LogP contribution >= 0.6 is 0 Å². The summed E-state index contributed by atoms with van der Waals surface area (Å²) in [4.78, 5) is 37.0. The van der Waals surface area contributed by atoms with Crippen LogP contribution in [-0.2, 0) is 0 Å². The first-order chi connectivity index (χ1) is 14.4. The largest absolute Gasteiger partial charge is 0.414 e. The van der Waals surface area contributed by atoms with Crippen LogP contribution < -0.4 is 15.4 Å². The zero-order valence-electron chi connectivity index (χ0n) is 16.3. The van der Waals surface area contributed by atoms with E-state index in [1.165, 1.54) is 30.7 Å². The Morgan fingerprint density at radius 3 is 2.40 bits per heavy atom. The number of carbonyl (C=O) groups excluding carboxylic acids is 2. The van der Waals surface area contributed by atoms with Gasteiger partial charge in [0.25, 0.3) is 5.91 Å². The van der Waals surface area contributed by atoms with E-state index in [2.05, 4.69) is 25.6 Å². The zero-order valence-corrected chi connectivity index (χ0v) is 16.3. The molecule has 2 heterocycles. The topological polar surface area (TPSA) is 106 Å². The second-order valence-electron chi connectivity index (χ2n) is 8.90. The van der Waals surface area contributed by atoms with E-state index in [0.717, 1.165) is 38.3 Å². The number of rotatable bonds is 4. The van der Waals surface area contributed by atoms with Crippen LogP contribution in [0.25, 0.3) is 0 Å². The Labute approximate surface area is 172 Å². The van der Waals surface area contributed by atoms with Crippen LogP contribution in [0.1, 0.15) is 49.0 Å². The highest BCUT2D eigenvalue weighted by Gasteiger charge is 2.59. The lowest BCUT2D eigenvalue weighted by atomic mass is 9.50. The number of pyridine rings is 1. The van der Waals surface area contributed by atoms with Gasteiger partial charge < -0.3 is 15.4 Å². The van der Waals surface area contributed by atoms with Crippen molar-refractivity contribution < 1.29 is 18.7 Å². The molecule has 4 saturated carbocycles. The molecule has 8 nitrogen and oxygen atoms in total. The Balaban J connectivity index is 1.32. The van der Waals surface area contributed by atoms with E-state index in [-0.39, 0.29) is 17.5 Å². The van der Waals surface area contributed by atoms with Gasteiger partial charge in [0.05, 0.1) is 6.20 Å². The molecule has 4 fully saturated rings. The van der Waals surface area contributed by atoms with Crippen molar-refractivity contribution in [3.05, 3.63) is 48.4 Å². The van der Waals surface area contributed by atoms with E-state index in [1.54, 1.807) is 0 Å². The quantitative estimate of drug-likeness (QED) is 0.801. The van der Waals surface area contributed by atoms with Gasteiger partial charge in [-0.25, -0.2) is 24.1 Å². The van der Waals surface area contributed by atoms with E-state index in [1.807, 2.05) is 0 Å². The summed E-state index contributed by atoms with van der Waals surface area (Å²) in [6.45, 7) is 0. The minimum atomic E-state index is -0.544. The molecule has 0 radical (unpaired) electrons. The predicted octanol–water partition coefficient (Wildman–Crippen LogP) is 2.62. The van der Waals surface area contributed by atoms with E-state index in [0.29, 0.717) is 18.3 Å². The SMILES string of the molecule is O=C(NC12CC3CC(C1)CC(NC(=O)c1ccc(F)cn1)(C3)C2)Oc1ccncn1. The summed E-state index contributed by atoms with van der Waals surface area (Å²) >= 11 is 0. The number of carbonyl (C=O) groups is 2. The lowest BCUT2D eigenvalue weighted by Gasteiger charge is -2.61. The van der Waals surface area contributed by atoms with Gasteiger partial charge in [-0.1, -0.05) is 0 Å². The van der Waals surface area contributed by atoms with Crippen molar-refractivity contribution in [3.8, 4) is 5.88 Å². The Morgan fingerprint density at radius 1 is 1.03 bits per heavy atom. The number of aromatic nitrogens is 3. The summed E-state index contributed by atoms with van der Waals surface area (Å²) in [6, 6.07) is 4.14. The summed E-state index contributed by atoms with van der Waals surface area (Å²) in [5.41, 5.74) is -0.630. The first-order valence-electron chi connectivity index (χ1n) is 10.1. The molecule has 30 heavy (non-hydrogen) atoms. The predicted molar refractivity (Wildman–Crippen MR) is 103 cm³/mol. The molecule has 2 amide bonds. The summed E-state index contributed by atoms with van der Waals surface area (Å²) in [6.07, 6.45) is 8.56. The first-order valence-corrected chi connectivity index (χ1v) is 10.1. The van der Waals surface area contributed by atoms with E-state index in [4.69, 9.17) is 4.74 Å². The van der Waals surface area contributed by atoms with Crippen molar-refractivity contribution in [2.75, 3.05) is 0 Å². The fourth-order valence-corrected chi connectivity index (χ4v) is 6.05. The van der Waals surface area contributed by atoms with Crippen molar-refractivity contribution in [1.82, 2.24) is 25.6 Å². The molecule has 9 heteroatoms. The molecule has 4 aliphatic rings. The first kappa shape index (κ1) is 18.9. The molecule has 4 bridgehead atoms. The van der Waals surface area contributed by atoms with Gasteiger partial charge in [-0.05, 0) is 62.5 Å². The average molecular weight is 411 g/mol. The van der Waals surface area contributed by atoms with Crippen LogP contribution in [0, 0.1) is 17.7 Å². The van der Waals surface area contributed by atoms with Gasteiger partial charge in [0.15, 0.2) is 0 Å². The number of ether oxygens (including phenoxy) is 1. The van der Waals surface area contributed by atoms with Crippen LogP contribution in [0.5, 0.6) is 5.88 Å². The van der Waals surface area contributed by atoms with Crippen LogP contribution in [0.4, 0.5) is 9.18 Å². The van der Waals surface area contributed by atoms with Crippen molar-refractivity contribution in [1.29, 1.82) is 0 Å². The molecule has 2 aromatic rings. The Morgan fingerprint density at radius 2 is 1.77 bits per heavy atom. The van der Waals surface area contributed by atoms with Crippen molar-refractivity contribution in [2.45, 2.75) is 49.6 Å². The fraction of sp³-hybridized carbons (Fsp3) is 0.476. The number of halogens is 1. The van der Waals surface area contributed by atoms with Crippen molar-refractivity contribution >= 4 is 12.0 Å². The second-order valence-corrected chi connectivity index (χ2v) is 8.90. The number of hydrogen-bond donors (Lipinski definition) is 2. The van der Waals surface area contributed by atoms with Crippen molar-refractivity contribution in [2.24, 2.45) is 11.8 Å². The third kappa shape index (κ3) is 3.59. The molecule has 0 aliphatic heterocycles. The Hall–Kier alpha value is -3.10. The average Bonchev–Trinajstić information content (AvgIpc) is 2.67. The minimum absolute atomic E-state index is 0.192. The molecule has 156 valence electrons. The summed E-state index contributed by atoms with van der Waals surface area (Å²) in [7, 11) is 0. The van der Waals surface area contributed by atoms with E-state index in [9.17, 15) is 14.0 Å². The third-order valence-electron chi connectivity index (χ3n) is 6.52. The molecule has 4 aliphatic carbocycles. The standard InChI is InChI=1S/C21H22FN5O3/c22-15-1-2-16(24-10-15)18(28)26-20-6-13-5-14(7-20)9-21(8-13,11-20)27-19(29)30-17-3-4-23-12-25-17/h1-4,10,12-14H,5-9,11H2,(H,26,28)(H,27,29). The molecule has 0 aromatic carbocycles. The highest BCUT2D eigenvalue weighted by atomic mass is 19.1. The number of amides is 2. The highest BCUT2D eigenvalue weighted by Crippen LogP contribution is 2.57. The van der Waals surface area contributed by atoms with Crippen LogP contribution in [0.3, 0.4) is 0 Å². The maximum absolute atomic E-state index is 13.1. The lowest BCUT2D eigenvalue weighted by molar-refractivity contribution is -0.0450. The second kappa shape index (κ2) is 7.00. The van der Waals surface area contributed by atoms with Gasteiger partial charge in [-0.2, -0.15) is 0 Å². The molecule has 2 aromatic heterocycles. The molecule has 6 rings (SSSR count). The fourth-order valence-electron chi connectivity index (χ4n) is 6.05. The monoisotopic (exact) mass is 411 g/mol. The summed E-state index contributed by atoms with van der Waals surface area (Å²) in [5, 5.41) is 6.25. The van der Waals surface area contributed by atoms with Gasteiger partial charge in [0.2, 0.25) is 5.88 Å². The maximum Gasteiger partial charge on any atom is 0.414 e. The van der Waals surface area contributed by atoms with Crippen LogP contribution in [0.2, 0.25) is 0 Å². The van der Waals surface area contributed by atoms with Crippen LogP contribution in [0.15, 0.2) is 36.9 Å². The number of nitrogens with one attached hydrogen (secondary N) is 2. The molecule has 0 spiro atoms. The van der Waals surface area contributed by atoms with Gasteiger partial charge in [-0.15, -0.1) is 0 Å². The smallest absolute Gasteiger partial charge is 0.391 e. The lowest BCUT2D eigenvalue weighted by Crippen LogP contribution is -2.70. The summed E-state index contributed by atoms with van der Waals surface area (Å²) < 4.78 is 18.5. The molecular formula is C21H22FN5O3. The molecule has 2 N–H and O–H groups in total. The third-order valence-corrected chi connectivity index (χ3v) is 6.52. The van der Waals surface area contributed by atoms with E-state index >= 15 is 0 Å². The maximum atomic E-state index is 13.1. The number of nitrogens with zero attached hydrogens (tertiary/aromatic N) is 3.